The molecule has 0 aliphatic carbocycles. The molecule has 2 nitrogen and oxygen atoms in total. The van der Waals surface area contributed by atoms with Gasteiger partial charge in [-0.3, -0.25) is 0 Å². The molecule has 0 atom stereocenters. The van der Waals surface area contributed by atoms with E-state index in [1.165, 1.54) is 6.20 Å². The minimum atomic E-state index is 0.472. The zero-order chi connectivity index (χ0) is 6.69. The van der Waals surface area contributed by atoms with Gasteiger partial charge in [0.05, 0.1) is 5.02 Å². The van der Waals surface area contributed by atoms with E-state index >= 15 is 0 Å². The van der Waals surface area contributed by atoms with Crippen molar-refractivity contribution in [2.75, 3.05) is 0 Å². The van der Waals surface area contributed by atoms with E-state index < -0.39 is 0 Å². The van der Waals surface area contributed by atoms with Crippen molar-refractivity contribution in [3.8, 4) is 5.88 Å². The number of ether oxygens (including phenoxy) is 1. The second kappa shape index (κ2) is 2.69. The molecule has 1 aromatic heterocycles. The van der Waals surface area contributed by atoms with Crippen LogP contribution in [0.1, 0.15) is 0 Å². The van der Waals surface area contributed by atoms with Crippen molar-refractivity contribution in [1.29, 1.82) is 0 Å². The van der Waals surface area contributed by atoms with E-state index in [0.717, 1.165) is 0 Å². The van der Waals surface area contributed by atoms with Crippen molar-refractivity contribution < 1.29 is 4.74 Å². The molecule has 0 saturated carbocycles. The molecule has 9 heavy (non-hydrogen) atoms. The van der Waals surface area contributed by atoms with Crippen LogP contribution >= 0.6 is 11.6 Å². The lowest BCUT2D eigenvalue weighted by Crippen LogP contribution is -1.81. The standard InChI is InChI=1S/C6H5ClNO/c1-9-6-3-2-5(7)4-8-6/h2-4H,1H2. The van der Waals surface area contributed by atoms with Crippen molar-refractivity contribution in [3.63, 3.8) is 0 Å². The van der Waals surface area contributed by atoms with E-state index in [1.54, 1.807) is 12.1 Å². The number of pyridine rings is 1. The van der Waals surface area contributed by atoms with Crippen molar-refractivity contribution in [2.45, 2.75) is 0 Å². The summed E-state index contributed by atoms with van der Waals surface area (Å²) in [5, 5.41) is 0.593. The van der Waals surface area contributed by atoms with Gasteiger partial charge in [-0.05, 0) is 6.07 Å². The van der Waals surface area contributed by atoms with Crippen LogP contribution in [0, 0.1) is 7.11 Å². The molecule has 1 radical (unpaired) electrons. The van der Waals surface area contributed by atoms with Crippen LogP contribution in [-0.4, -0.2) is 4.98 Å². The van der Waals surface area contributed by atoms with Crippen LogP contribution in [0.3, 0.4) is 0 Å². The summed E-state index contributed by atoms with van der Waals surface area (Å²) in [5.74, 6) is 0.472. The lowest BCUT2D eigenvalue weighted by atomic mass is 10.5. The molecule has 0 amide bonds. The minimum absolute atomic E-state index is 0.472. The second-order valence-electron chi connectivity index (χ2n) is 1.46. The number of aromatic nitrogens is 1. The predicted molar refractivity (Wildman–Crippen MR) is 35.2 cm³/mol. The maximum atomic E-state index is 5.53. The van der Waals surface area contributed by atoms with Gasteiger partial charge >= 0.3 is 0 Å². The van der Waals surface area contributed by atoms with Gasteiger partial charge in [0.1, 0.15) is 7.11 Å². The van der Waals surface area contributed by atoms with Crippen LogP contribution in [0.4, 0.5) is 0 Å². The highest BCUT2D eigenvalue weighted by atomic mass is 35.5. The van der Waals surface area contributed by atoms with Crippen LogP contribution in [0.25, 0.3) is 0 Å². The summed E-state index contributed by atoms with van der Waals surface area (Å²) in [6, 6.07) is 3.34. The van der Waals surface area contributed by atoms with Gasteiger partial charge in [0.15, 0.2) is 0 Å². The lowest BCUT2D eigenvalue weighted by Gasteiger charge is -1.94. The van der Waals surface area contributed by atoms with Crippen molar-refractivity contribution in [3.05, 3.63) is 30.5 Å². The summed E-state index contributed by atoms with van der Waals surface area (Å²) < 4.78 is 4.55. The van der Waals surface area contributed by atoms with Crippen LogP contribution in [0.5, 0.6) is 5.88 Å². The smallest absolute Gasteiger partial charge is 0.213 e. The molecule has 3 heteroatoms. The monoisotopic (exact) mass is 142 g/mol. The van der Waals surface area contributed by atoms with Gasteiger partial charge in [-0.25, -0.2) is 4.98 Å². The highest BCUT2D eigenvalue weighted by molar-refractivity contribution is 6.30. The summed E-state index contributed by atoms with van der Waals surface area (Å²) in [7, 11) is 3.18. The summed E-state index contributed by atoms with van der Waals surface area (Å²) in [4.78, 5) is 3.78. The Kier molecular flexibility index (Phi) is 1.90. The van der Waals surface area contributed by atoms with Gasteiger partial charge in [-0.15, -0.1) is 0 Å². The Hall–Kier alpha value is -0.760. The van der Waals surface area contributed by atoms with Crippen molar-refractivity contribution in [1.82, 2.24) is 4.98 Å². The Morgan fingerprint density at radius 3 is 2.78 bits per heavy atom. The van der Waals surface area contributed by atoms with E-state index in [2.05, 4.69) is 16.8 Å². The van der Waals surface area contributed by atoms with E-state index in [0.29, 0.717) is 10.9 Å². The molecule has 0 unspecified atom stereocenters. The molecular formula is C6H5ClNO. The van der Waals surface area contributed by atoms with Gasteiger partial charge in [0.2, 0.25) is 5.88 Å². The van der Waals surface area contributed by atoms with Crippen molar-refractivity contribution >= 4 is 11.6 Å². The molecule has 0 aromatic carbocycles. The average molecular weight is 143 g/mol. The highest BCUT2D eigenvalue weighted by Gasteiger charge is 1.89. The molecule has 1 aromatic rings. The van der Waals surface area contributed by atoms with Gasteiger partial charge in [0, 0.05) is 12.3 Å². The fourth-order valence-corrected chi connectivity index (χ4v) is 0.559. The van der Waals surface area contributed by atoms with E-state index in [9.17, 15) is 0 Å². The minimum Gasteiger partial charge on any atom is -0.474 e. The second-order valence-corrected chi connectivity index (χ2v) is 1.90. The summed E-state index contributed by atoms with van der Waals surface area (Å²) in [6.07, 6.45) is 1.50. The van der Waals surface area contributed by atoms with Gasteiger partial charge in [-0.2, -0.15) is 0 Å². The first-order valence-corrected chi connectivity index (χ1v) is 2.74. The topological polar surface area (TPSA) is 22.1 Å². The maximum absolute atomic E-state index is 5.53. The third kappa shape index (κ3) is 1.57. The van der Waals surface area contributed by atoms with Crippen LogP contribution in [0.2, 0.25) is 5.02 Å². The molecular weight excluding hydrogens is 138 g/mol. The molecule has 0 spiro atoms. The fourth-order valence-electron chi connectivity index (χ4n) is 0.448. The van der Waals surface area contributed by atoms with E-state index in [4.69, 9.17) is 11.6 Å². The summed E-state index contributed by atoms with van der Waals surface area (Å²) in [6.45, 7) is 0. The highest BCUT2D eigenvalue weighted by Crippen LogP contribution is 2.10. The molecule has 0 fully saturated rings. The van der Waals surface area contributed by atoms with Gasteiger partial charge in [-0.1, -0.05) is 11.6 Å². The zero-order valence-corrected chi connectivity index (χ0v) is 5.43. The molecule has 1 heterocycles. The number of rotatable bonds is 1. The first kappa shape index (κ1) is 6.36. The fraction of sp³-hybridized carbons (Fsp3) is 0. The number of halogens is 1. The Balaban J connectivity index is 2.88. The zero-order valence-electron chi connectivity index (χ0n) is 4.67. The molecule has 0 aliphatic rings. The van der Waals surface area contributed by atoms with Crippen LogP contribution in [0.15, 0.2) is 18.3 Å². The molecule has 0 N–H and O–H groups in total. The Morgan fingerprint density at radius 1 is 1.56 bits per heavy atom. The maximum Gasteiger partial charge on any atom is 0.213 e. The molecule has 0 saturated heterocycles. The normalized spacial score (nSPS) is 9.11. The van der Waals surface area contributed by atoms with E-state index in [1.807, 2.05) is 0 Å². The summed E-state index contributed by atoms with van der Waals surface area (Å²) in [5.41, 5.74) is 0. The van der Waals surface area contributed by atoms with Crippen LogP contribution in [-0.2, 0) is 0 Å². The third-order valence-electron chi connectivity index (χ3n) is 0.848. The SMILES string of the molecule is [CH2]Oc1ccc(Cl)cn1. The van der Waals surface area contributed by atoms with Crippen LogP contribution < -0.4 is 4.74 Å². The third-order valence-corrected chi connectivity index (χ3v) is 1.07. The van der Waals surface area contributed by atoms with Gasteiger partial charge < -0.3 is 4.74 Å². The molecule has 1 rings (SSSR count). The molecule has 0 bridgehead atoms. The predicted octanol–water partition coefficient (Wildman–Crippen LogP) is 1.91. The number of hydrogen-bond donors (Lipinski definition) is 0. The van der Waals surface area contributed by atoms with Crippen molar-refractivity contribution in [2.24, 2.45) is 0 Å². The first-order chi connectivity index (χ1) is 4.33. The summed E-state index contributed by atoms with van der Waals surface area (Å²) >= 11 is 5.53. The van der Waals surface area contributed by atoms with E-state index in [-0.39, 0.29) is 0 Å². The molecule has 0 aliphatic heterocycles. The Bertz CT molecular complexity index is 185. The Morgan fingerprint density at radius 2 is 2.33 bits per heavy atom. The Labute approximate surface area is 58.4 Å². The molecule has 47 valence electrons. The average Bonchev–Trinajstić information content (AvgIpc) is 1.90. The number of nitrogens with zero attached hydrogens (tertiary/aromatic N) is 1. The van der Waals surface area contributed by atoms with Gasteiger partial charge in [0.25, 0.3) is 0 Å². The quantitative estimate of drug-likeness (QED) is 0.598. The number of hydrogen-bond acceptors (Lipinski definition) is 2. The first-order valence-electron chi connectivity index (χ1n) is 2.36. The largest absolute Gasteiger partial charge is 0.474 e. The lowest BCUT2D eigenvalue weighted by molar-refractivity contribution is 0.453.